The molecule has 1 aliphatic heterocycles. The minimum absolute atomic E-state index is 0.0713. The Labute approximate surface area is 111 Å². The Morgan fingerprint density at radius 1 is 1.26 bits per heavy atom. The summed E-state index contributed by atoms with van der Waals surface area (Å²) in [6.45, 7) is 3.47. The van der Waals surface area contributed by atoms with Crippen LogP contribution in [0.3, 0.4) is 0 Å². The highest BCUT2D eigenvalue weighted by Gasteiger charge is 2.37. The van der Waals surface area contributed by atoms with E-state index in [4.69, 9.17) is 4.74 Å². The first-order valence-electron chi connectivity index (χ1n) is 5.93. The number of carbonyl (C=O) groups is 3. The van der Waals surface area contributed by atoms with Gasteiger partial charge < -0.3 is 4.74 Å². The van der Waals surface area contributed by atoms with Gasteiger partial charge in [-0.2, -0.15) is 0 Å². The molecule has 19 heavy (non-hydrogen) atoms. The molecule has 1 aromatic rings. The molecular weight excluding hydrogens is 246 g/mol. The van der Waals surface area contributed by atoms with Gasteiger partial charge in [0.25, 0.3) is 11.7 Å². The van der Waals surface area contributed by atoms with Crippen LogP contribution < -0.4 is 4.90 Å². The maximum atomic E-state index is 11.9. The highest BCUT2D eigenvalue weighted by atomic mass is 16.5. The third-order valence-corrected chi connectivity index (χ3v) is 3.06. The first kappa shape index (κ1) is 13.4. The maximum absolute atomic E-state index is 11.9. The molecule has 1 heterocycles. The van der Waals surface area contributed by atoms with E-state index in [0.717, 1.165) is 11.1 Å². The van der Waals surface area contributed by atoms with Gasteiger partial charge in [-0.05, 0) is 31.0 Å². The summed E-state index contributed by atoms with van der Waals surface area (Å²) in [6.07, 6.45) is 0. The van der Waals surface area contributed by atoms with Gasteiger partial charge in [0.15, 0.2) is 5.78 Å². The maximum Gasteiger partial charge on any atom is 0.299 e. The van der Waals surface area contributed by atoms with E-state index in [2.05, 4.69) is 0 Å². The van der Waals surface area contributed by atoms with Crippen molar-refractivity contribution in [1.29, 1.82) is 0 Å². The van der Waals surface area contributed by atoms with E-state index in [1.807, 2.05) is 13.0 Å². The third kappa shape index (κ3) is 2.29. The average Bonchev–Trinajstić information content (AvgIpc) is 2.54. The van der Waals surface area contributed by atoms with Crippen LogP contribution in [0.4, 0.5) is 5.69 Å². The number of Topliss-reactive ketones (excluding diaryl/α,β-unsaturated/α-hetero) is 2. The smallest absolute Gasteiger partial charge is 0.299 e. The Morgan fingerprint density at radius 3 is 2.58 bits per heavy atom. The van der Waals surface area contributed by atoms with Gasteiger partial charge >= 0.3 is 0 Å². The van der Waals surface area contributed by atoms with Crippen LogP contribution in [-0.4, -0.2) is 37.7 Å². The fraction of sp³-hybridized carbons (Fsp3) is 0.357. The number of anilines is 1. The van der Waals surface area contributed by atoms with Crippen molar-refractivity contribution in [2.24, 2.45) is 0 Å². The van der Waals surface area contributed by atoms with Gasteiger partial charge in [-0.25, -0.2) is 0 Å². The Hall–Kier alpha value is -2.01. The number of ketones is 2. The van der Waals surface area contributed by atoms with Gasteiger partial charge in [0.05, 0.1) is 17.8 Å². The van der Waals surface area contributed by atoms with Crippen molar-refractivity contribution in [2.45, 2.75) is 13.8 Å². The van der Waals surface area contributed by atoms with Gasteiger partial charge in [-0.15, -0.1) is 0 Å². The Balaban J connectivity index is 2.41. The standard InChI is InChI=1S/C14H15NO4/c1-8-4-9(2)12-11(5-8)15(14(18)13(12)17)6-10(16)7-19-3/h4-5H,6-7H2,1-3H3. The van der Waals surface area contributed by atoms with E-state index in [-0.39, 0.29) is 18.9 Å². The van der Waals surface area contributed by atoms with Crippen molar-refractivity contribution in [3.05, 3.63) is 28.8 Å². The minimum Gasteiger partial charge on any atom is -0.377 e. The van der Waals surface area contributed by atoms with Gasteiger partial charge in [0, 0.05) is 7.11 Å². The third-order valence-electron chi connectivity index (χ3n) is 3.06. The van der Waals surface area contributed by atoms with Crippen molar-refractivity contribution in [3.63, 3.8) is 0 Å². The van der Waals surface area contributed by atoms with Crippen molar-refractivity contribution in [1.82, 2.24) is 0 Å². The largest absolute Gasteiger partial charge is 0.377 e. The molecule has 0 atom stereocenters. The normalized spacial score (nSPS) is 13.9. The van der Waals surface area contributed by atoms with E-state index in [9.17, 15) is 14.4 Å². The van der Waals surface area contributed by atoms with Gasteiger partial charge in [0.1, 0.15) is 6.61 Å². The molecule has 1 aliphatic rings. The summed E-state index contributed by atoms with van der Waals surface area (Å²) < 4.78 is 4.74. The summed E-state index contributed by atoms with van der Waals surface area (Å²) in [4.78, 5) is 36.7. The molecule has 0 spiro atoms. The van der Waals surface area contributed by atoms with Crippen LogP contribution in [-0.2, 0) is 14.3 Å². The molecular formula is C14H15NO4. The van der Waals surface area contributed by atoms with Crippen LogP contribution in [0.2, 0.25) is 0 Å². The second-order valence-electron chi connectivity index (χ2n) is 4.67. The zero-order valence-electron chi connectivity index (χ0n) is 11.1. The highest BCUT2D eigenvalue weighted by molar-refractivity contribution is 6.53. The number of carbonyl (C=O) groups excluding carboxylic acids is 3. The number of benzene rings is 1. The van der Waals surface area contributed by atoms with E-state index < -0.39 is 11.7 Å². The monoisotopic (exact) mass is 261 g/mol. The summed E-state index contributed by atoms with van der Waals surface area (Å²) >= 11 is 0. The number of fused-ring (bicyclic) bond motifs is 1. The molecule has 0 saturated carbocycles. The van der Waals surface area contributed by atoms with Crippen molar-refractivity contribution >= 4 is 23.2 Å². The fourth-order valence-corrected chi connectivity index (χ4v) is 2.33. The number of rotatable bonds is 4. The van der Waals surface area contributed by atoms with Gasteiger partial charge in [-0.1, -0.05) is 6.07 Å². The van der Waals surface area contributed by atoms with E-state index in [0.29, 0.717) is 11.3 Å². The Bertz CT molecular complexity index is 577. The fourth-order valence-electron chi connectivity index (χ4n) is 2.33. The number of methoxy groups -OCH3 is 1. The summed E-state index contributed by atoms with van der Waals surface area (Å²) in [5, 5.41) is 0. The van der Waals surface area contributed by atoms with Crippen LogP contribution in [0.1, 0.15) is 21.5 Å². The molecule has 0 N–H and O–H groups in total. The van der Waals surface area contributed by atoms with Crippen molar-refractivity contribution < 1.29 is 19.1 Å². The van der Waals surface area contributed by atoms with E-state index in [1.165, 1.54) is 12.0 Å². The lowest BCUT2D eigenvalue weighted by Gasteiger charge is -2.16. The number of amides is 1. The molecule has 5 nitrogen and oxygen atoms in total. The first-order valence-corrected chi connectivity index (χ1v) is 5.93. The van der Waals surface area contributed by atoms with Gasteiger partial charge in [0.2, 0.25) is 0 Å². The molecule has 0 aromatic heterocycles. The lowest BCUT2D eigenvalue weighted by Crippen LogP contribution is -2.35. The Morgan fingerprint density at radius 2 is 1.95 bits per heavy atom. The number of ether oxygens (including phenoxy) is 1. The second-order valence-corrected chi connectivity index (χ2v) is 4.67. The molecule has 0 fully saturated rings. The van der Waals surface area contributed by atoms with Crippen LogP contribution in [0.15, 0.2) is 12.1 Å². The zero-order chi connectivity index (χ0) is 14.2. The quantitative estimate of drug-likeness (QED) is 0.760. The van der Waals surface area contributed by atoms with Crippen LogP contribution >= 0.6 is 0 Å². The zero-order valence-corrected chi connectivity index (χ0v) is 11.1. The summed E-state index contributed by atoms with van der Waals surface area (Å²) in [6, 6.07) is 3.61. The number of nitrogens with zero attached hydrogens (tertiary/aromatic N) is 1. The predicted molar refractivity (Wildman–Crippen MR) is 69.5 cm³/mol. The predicted octanol–water partition coefficient (Wildman–Crippen LogP) is 1.05. The molecule has 0 radical (unpaired) electrons. The molecule has 100 valence electrons. The lowest BCUT2D eigenvalue weighted by molar-refractivity contribution is -0.123. The molecule has 1 amide bonds. The molecule has 1 aromatic carbocycles. The summed E-state index contributed by atoms with van der Waals surface area (Å²) in [5.74, 6) is -1.43. The van der Waals surface area contributed by atoms with Crippen LogP contribution in [0, 0.1) is 13.8 Å². The van der Waals surface area contributed by atoms with Crippen LogP contribution in [0.5, 0.6) is 0 Å². The Kier molecular flexibility index (Phi) is 3.48. The number of hydrogen-bond acceptors (Lipinski definition) is 4. The molecule has 0 unspecified atom stereocenters. The molecule has 0 aliphatic carbocycles. The number of aryl methyl sites for hydroxylation is 2. The average molecular weight is 261 g/mol. The highest BCUT2D eigenvalue weighted by Crippen LogP contribution is 2.32. The molecule has 2 rings (SSSR count). The van der Waals surface area contributed by atoms with Gasteiger partial charge in [-0.3, -0.25) is 19.3 Å². The molecule has 0 bridgehead atoms. The SMILES string of the molecule is COCC(=O)CN1C(=O)C(=O)c2c(C)cc(C)cc21. The molecule has 5 heteroatoms. The molecule has 0 saturated heterocycles. The van der Waals surface area contributed by atoms with E-state index in [1.54, 1.807) is 13.0 Å². The summed E-state index contributed by atoms with van der Waals surface area (Å²) in [5.41, 5.74) is 2.63. The van der Waals surface area contributed by atoms with Crippen molar-refractivity contribution in [2.75, 3.05) is 25.2 Å². The lowest BCUT2D eigenvalue weighted by atomic mass is 10.0. The topological polar surface area (TPSA) is 63.7 Å². The summed E-state index contributed by atoms with van der Waals surface area (Å²) in [7, 11) is 1.41. The first-order chi connectivity index (χ1) is 8.95. The minimum atomic E-state index is -0.645. The second kappa shape index (κ2) is 4.93. The van der Waals surface area contributed by atoms with Crippen LogP contribution in [0.25, 0.3) is 0 Å². The number of hydrogen-bond donors (Lipinski definition) is 0. The van der Waals surface area contributed by atoms with Crippen molar-refractivity contribution in [3.8, 4) is 0 Å². The van der Waals surface area contributed by atoms with E-state index >= 15 is 0 Å².